The Labute approximate surface area is 91.2 Å². The van der Waals surface area contributed by atoms with Crippen molar-refractivity contribution in [3.05, 3.63) is 22.6 Å². The fourth-order valence-electron chi connectivity index (χ4n) is 2.08. The average Bonchev–Trinajstić information content (AvgIpc) is 2.75. The van der Waals surface area contributed by atoms with Gasteiger partial charge in [0.15, 0.2) is 5.65 Å². The zero-order valence-electron chi connectivity index (χ0n) is 8.72. The third-order valence-corrected chi connectivity index (χ3v) is 2.95. The molecule has 1 aliphatic rings. The highest BCUT2D eigenvalue weighted by atomic mass is 16.5. The summed E-state index contributed by atoms with van der Waals surface area (Å²) in [6.07, 6.45) is 4.73. The number of ether oxygens (including phenoxy) is 1. The number of nitrogens with zero attached hydrogens (tertiary/aromatic N) is 3. The molecule has 0 bridgehead atoms. The molecule has 84 valence electrons. The molecule has 1 aliphatic heterocycles. The van der Waals surface area contributed by atoms with Crippen LogP contribution in [0.5, 0.6) is 0 Å². The van der Waals surface area contributed by atoms with Crippen molar-refractivity contribution < 1.29 is 4.74 Å². The van der Waals surface area contributed by atoms with Gasteiger partial charge in [-0.3, -0.25) is 9.89 Å². The Bertz CT molecular complexity index is 553. The van der Waals surface area contributed by atoms with Crippen molar-refractivity contribution in [2.75, 3.05) is 13.2 Å². The van der Waals surface area contributed by atoms with Crippen molar-refractivity contribution in [2.24, 2.45) is 0 Å². The third kappa shape index (κ3) is 1.42. The first-order valence-electron chi connectivity index (χ1n) is 5.35. The number of aromatic amines is 1. The number of nitrogens with one attached hydrogen (secondary N) is 1. The van der Waals surface area contributed by atoms with E-state index in [-0.39, 0.29) is 5.43 Å². The number of H-pyrrole nitrogens is 1. The van der Waals surface area contributed by atoms with Gasteiger partial charge in [0, 0.05) is 13.2 Å². The van der Waals surface area contributed by atoms with E-state index in [9.17, 15) is 4.79 Å². The van der Waals surface area contributed by atoms with Crippen LogP contribution >= 0.6 is 0 Å². The Morgan fingerprint density at radius 1 is 1.38 bits per heavy atom. The highest BCUT2D eigenvalue weighted by Gasteiger charge is 2.19. The largest absolute Gasteiger partial charge is 0.381 e. The lowest BCUT2D eigenvalue weighted by Crippen LogP contribution is -2.21. The van der Waals surface area contributed by atoms with Crippen LogP contribution in [0.15, 0.2) is 17.2 Å². The van der Waals surface area contributed by atoms with Crippen LogP contribution in [0.2, 0.25) is 0 Å². The lowest BCUT2D eigenvalue weighted by molar-refractivity contribution is 0.0673. The molecule has 3 rings (SSSR count). The topological polar surface area (TPSA) is 72.8 Å². The van der Waals surface area contributed by atoms with Gasteiger partial charge in [-0.05, 0) is 12.8 Å². The molecule has 0 aromatic carbocycles. The van der Waals surface area contributed by atoms with Crippen LogP contribution < -0.4 is 5.43 Å². The van der Waals surface area contributed by atoms with Crippen LogP contribution in [-0.2, 0) is 4.74 Å². The van der Waals surface area contributed by atoms with E-state index in [0.29, 0.717) is 17.1 Å². The Morgan fingerprint density at radius 3 is 3.00 bits per heavy atom. The van der Waals surface area contributed by atoms with E-state index >= 15 is 0 Å². The number of hydrogen-bond donors (Lipinski definition) is 1. The van der Waals surface area contributed by atoms with Crippen molar-refractivity contribution >= 4 is 11.0 Å². The molecule has 1 N–H and O–H groups in total. The Kier molecular flexibility index (Phi) is 2.21. The molecule has 0 aliphatic carbocycles. The summed E-state index contributed by atoms with van der Waals surface area (Å²) in [5, 5.41) is 11.5. The van der Waals surface area contributed by atoms with Gasteiger partial charge < -0.3 is 4.74 Å². The fourth-order valence-corrected chi connectivity index (χ4v) is 2.08. The second kappa shape index (κ2) is 3.71. The van der Waals surface area contributed by atoms with Crippen LogP contribution in [0, 0.1) is 0 Å². The first kappa shape index (κ1) is 9.53. The first-order valence-corrected chi connectivity index (χ1v) is 5.35. The minimum absolute atomic E-state index is 0.0907. The van der Waals surface area contributed by atoms with E-state index in [4.69, 9.17) is 4.74 Å². The normalized spacial score (nSPS) is 18.0. The summed E-state index contributed by atoms with van der Waals surface area (Å²) >= 11 is 0. The van der Waals surface area contributed by atoms with Crippen molar-refractivity contribution in [1.29, 1.82) is 0 Å². The van der Waals surface area contributed by atoms with Crippen LogP contribution in [0.4, 0.5) is 0 Å². The lowest BCUT2D eigenvalue weighted by Gasteiger charge is -2.22. The second-order valence-corrected chi connectivity index (χ2v) is 3.93. The molecule has 2 aromatic heterocycles. The summed E-state index contributed by atoms with van der Waals surface area (Å²) in [5.74, 6) is 0. The van der Waals surface area contributed by atoms with E-state index in [1.165, 1.54) is 6.20 Å². The van der Waals surface area contributed by atoms with Gasteiger partial charge in [-0.1, -0.05) is 0 Å². The molecule has 0 atom stereocenters. The molecule has 0 spiro atoms. The molecule has 3 heterocycles. The number of aromatic nitrogens is 4. The van der Waals surface area contributed by atoms with E-state index in [1.54, 1.807) is 6.20 Å². The van der Waals surface area contributed by atoms with E-state index in [2.05, 4.69) is 15.3 Å². The number of rotatable bonds is 1. The Hall–Kier alpha value is -1.69. The first-order chi connectivity index (χ1) is 7.86. The molecule has 6 heteroatoms. The molecule has 2 aromatic rings. The van der Waals surface area contributed by atoms with Gasteiger partial charge in [0.05, 0.1) is 23.8 Å². The Balaban J connectivity index is 2.10. The molecular weight excluding hydrogens is 208 g/mol. The maximum atomic E-state index is 11.5. The van der Waals surface area contributed by atoms with Crippen molar-refractivity contribution in [1.82, 2.24) is 20.0 Å². The molecule has 6 nitrogen and oxygen atoms in total. The zero-order chi connectivity index (χ0) is 11.0. The van der Waals surface area contributed by atoms with Crippen LogP contribution in [0.3, 0.4) is 0 Å². The fraction of sp³-hybridized carbons (Fsp3) is 0.500. The maximum absolute atomic E-state index is 11.5. The summed E-state index contributed by atoms with van der Waals surface area (Å²) < 4.78 is 7.16. The smallest absolute Gasteiger partial charge is 0.211 e. The average molecular weight is 220 g/mol. The monoisotopic (exact) mass is 220 g/mol. The highest BCUT2D eigenvalue weighted by molar-refractivity contribution is 5.73. The van der Waals surface area contributed by atoms with E-state index in [1.807, 2.05) is 4.68 Å². The summed E-state index contributed by atoms with van der Waals surface area (Å²) in [5.41, 5.74) is 0.617. The highest BCUT2D eigenvalue weighted by Crippen LogP contribution is 2.22. The number of fused-ring (bicyclic) bond motifs is 1. The quantitative estimate of drug-likeness (QED) is 0.758. The third-order valence-electron chi connectivity index (χ3n) is 2.95. The minimum Gasteiger partial charge on any atom is -0.381 e. The predicted molar refractivity (Wildman–Crippen MR) is 57.2 cm³/mol. The van der Waals surface area contributed by atoms with Gasteiger partial charge in [-0.25, -0.2) is 4.68 Å². The molecule has 0 amide bonds. The molecule has 16 heavy (non-hydrogen) atoms. The van der Waals surface area contributed by atoms with Gasteiger partial charge in [-0.2, -0.15) is 10.2 Å². The molecule has 0 radical (unpaired) electrons. The van der Waals surface area contributed by atoms with Crippen molar-refractivity contribution in [3.63, 3.8) is 0 Å². The Morgan fingerprint density at radius 2 is 2.19 bits per heavy atom. The van der Waals surface area contributed by atoms with Crippen LogP contribution in [-0.4, -0.2) is 33.2 Å². The van der Waals surface area contributed by atoms with Gasteiger partial charge in [-0.15, -0.1) is 0 Å². The molecule has 1 saturated heterocycles. The zero-order valence-corrected chi connectivity index (χ0v) is 8.72. The summed E-state index contributed by atoms with van der Waals surface area (Å²) in [7, 11) is 0. The summed E-state index contributed by atoms with van der Waals surface area (Å²) in [6, 6.07) is 0.297. The predicted octanol–water partition coefficient (Wildman–Crippen LogP) is 0.471. The molecule has 1 fully saturated rings. The SMILES string of the molecule is O=c1cn[nH]c2c1cnn2C1CCOCC1. The van der Waals surface area contributed by atoms with Crippen LogP contribution in [0.25, 0.3) is 11.0 Å². The van der Waals surface area contributed by atoms with Gasteiger partial charge in [0.1, 0.15) is 0 Å². The molecular formula is C10H12N4O2. The standard InChI is InChI=1S/C10H12N4O2/c15-9-6-11-13-10-8(9)5-12-14(10)7-1-3-16-4-2-7/h5-7H,1-4H2,(H,13,15). The number of hydrogen-bond acceptors (Lipinski definition) is 4. The summed E-state index contributed by atoms with van der Waals surface area (Å²) in [4.78, 5) is 11.5. The second-order valence-electron chi connectivity index (χ2n) is 3.93. The van der Waals surface area contributed by atoms with E-state index < -0.39 is 0 Å². The molecule has 0 saturated carbocycles. The van der Waals surface area contributed by atoms with Crippen LogP contribution in [0.1, 0.15) is 18.9 Å². The summed E-state index contributed by atoms with van der Waals surface area (Å²) in [6.45, 7) is 1.49. The van der Waals surface area contributed by atoms with E-state index in [0.717, 1.165) is 26.1 Å². The van der Waals surface area contributed by atoms with Gasteiger partial charge in [0.2, 0.25) is 5.43 Å². The molecule has 0 unspecified atom stereocenters. The van der Waals surface area contributed by atoms with Gasteiger partial charge >= 0.3 is 0 Å². The maximum Gasteiger partial charge on any atom is 0.211 e. The lowest BCUT2D eigenvalue weighted by atomic mass is 10.1. The van der Waals surface area contributed by atoms with Gasteiger partial charge in [0.25, 0.3) is 0 Å². The minimum atomic E-state index is -0.0907. The van der Waals surface area contributed by atoms with Crippen molar-refractivity contribution in [2.45, 2.75) is 18.9 Å². The van der Waals surface area contributed by atoms with Crippen molar-refractivity contribution in [3.8, 4) is 0 Å².